The average Bonchev–Trinajstić information content (AvgIpc) is 3.33. The third kappa shape index (κ3) is 4.60. The number of aromatic nitrogens is 2. The summed E-state index contributed by atoms with van der Waals surface area (Å²) in [6.45, 7) is 0. The van der Waals surface area contributed by atoms with Gasteiger partial charge in [-0.15, -0.1) is 0 Å². The highest BCUT2D eigenvalue weighted by atomic mass is 32.2. The minimum Gasteiger partial charge on any atom is -0.496 e. The normalized spacial score (nSPS) is 12.0. The molecule has 0 saturated carbocycles. The number of fused-ring (bicyclic) bond motifs is 4. The molecule has 1 aliphatic carbocycles. The second-order valence-electron chi connectivity index (χ2n) is 9.16. The predicted octanol–water partition coefficient (Wildman–Crippen LogP) is 1.45. The van der Waals surface area contributed by atoms with Crippen LogP contribution in [0.3, 0.4) is 0 Å². The van der Waals surface area contributed by atoms with E-state index in [1.807, 2.05) is 0 Å². The molecule has 0 fully saturated rings. The summed E-state index contributed by atoms with van der Waals surface area (Å²) < 4.78 is 94.5. The number of rotatable bonds is 12. The van der Waals surface area contributed by atoms with E-state index in [1.54, 1.807) is 0 Å². The molecule has 2 aromatic heterocycles. The number of nitrogens with zero attached hydrogens (tertiary/aromatic N) is 2. The number of methoxy groups -OCH3 is 6. The van der Waals surface area contributed by atoms with Crippen LogP contribution in [-0.4, -0.2) is 89.4 Å². The zero-order valence-corrected chi connectivity index (χ0v) is 26.3. The molecule has 4 aromatic rings. The summed E-state index contributed by atoms with van der Waals surface area (Å²) in [5.41, 5.74) is -1.65. The van der Waals surface area contributed by atoms with Crippen LogP contribution in [0.15, 0.2) is 34.1 Å². The molecule has 1 aliphatic rings. The lowest BCUT2D eigenvalue weighted by Gasteiger charge is -2.16. The van der Waals surface area contributed by atoms with Crippen molar-refractivity contribution >= 4 is 20.2 Å². The monoisotopic (exact) mass is 686 g/mol. The minimum atomic E-state index is -4.95. The van der Waals surface area contributed by atoms with Gasteiger partial charge in [-0.2, -0.15) is 16.8 Å². The molecule has 20 heteroatoms. The first-order valence-corrected chi connectivity index (χ1v) is 15.4. The van der Waals surface area contributed by atoms with Crippen LogP contribution in [0, 0.1) is 0 Å². The van der Waals surface area contributed by atoms with E-state index < -0.39 is 75.8 Å². The predicted molar refractivity (Wildman–Crippen MR) is 153 cm³/mol. The van der Waals surface area contributed by atoms with Crippen molar-refractivity contribution in [2.24, 2.45) is 0 Å². The topological polar surface area (TPSA) is 233 Å². The van der Waals surface area contributed by atoms with Crippen molar-refractivity contribution in [3.8, 4) is 80.3 Å². The van der Waals surface area contributed by atoms with E-state index in [-0.39, 0.29) is 44.0 Å². The van der Waals surface area contributed by atoms with Gasteiger partial charge in [0, 0.05) is 24.3 Å². The van der Waals surface area contributed by atoms with Crippen molar-refractivity contribution in [2.45, 2.75) is 9.79 Å². The van der Waals surface area contributed by atoms with Crippen LogP contribution in [0.2, 0.25) is 0 Å². The second-order valence-corrected chi connectivity index (χ2v) is 12.1. The lowest BCUT2D eigenvalue weighted by Crippen LogP contribution is -2.21. The molecular weight excluding hydrogens is 660 g/mol. The summed E-state index contributed by atoms with van der Waals surface area (Å²) in [6, 6.07) is 4.88. The highest BCUT2D eigenvalue weighted by Crippen LogP contribution is 2.64. The summed E-state index contributed by atoms with van der Waals surface area (Å²) >= 11 is 0. The highest BCUT2D eigenvalue weighted by Gasteiger charge is 2.46. The Morgan fingerprint density at radius 3 is 0.891 bits per heavy atom. The van der Waals surface area contributed by atoms with Crippen molar-refractivity contribution in [2.75, 3.05) is 42.7 Å². The van der Waals surface area contributed by atoms with E-state index >= 15 is 0 Å². The Labute approximate surface area is 260 Å². The molecule has 5 rings (SSSR count). The van der Waals surface area contributed by atoms with Crippen molar-refractivity contribution in [1.82, 2.24) is 9.46 Å². The Morgan fingerprint density at radius 2 is 0.696 bits per heavy atom. The number of hydrogen-bond donors (Lipinski definition) is 4. The standard InChI is InChI=1S/C26H26N2O16S2/c1-37-11-7-13(39-3)21(14(8-11)40-4)45(33,34)43-27-23(29)17-18(24(27)30)20-19(17)25(31)28(26(20)32)44-46(35,36)22-15(41-5)9-12(38-2)10-16(22)42-6/h7-10,29-32H,1-6H3. The molecule has 0 spiro atoms. The molecule has 0 radical (unpaired) electrons. The largest absolute Gasteiger partial charge is 0.496 e. The van der Waals surface area contributed by atoms with Crippen molar-refractivity contribution < 1.29 is 74.3 Å². The molecule has 4 N–H and O–H groups in total. The molecule has 0 bridgehead atoms. The van der Waals surface area contributed by atoms with Crippen molar-refractivity contribution in [3.05, 3.63) is 24.3 Å². The third-order valence-corrected chi connectivity index (χ3v) is 9.34. The summed E-state index contributed by atoms with van der Waals surface area (Å²) in [5, 5.41) is 43.6. The van der Waals surface area contributed by atoms with Gasteiger partial charge in [0.1, 0.15) is 34.5 Å². The zero-order chi connectivity index (χ0) is 33.9. The molecule has 0 saturated heterocycles. The molecule has 0 aliphatic heterocycles. The Balaban J connectivity index is 1.56. The Bertz CT molecular complexity index is 1830. The van der Waals surface area contributed by atoms with E-state index in [9.17, 15) is 37.3 Å². The lowest BCUT2D eigenvalue weighted by atomic mass is 9.86. The molecular formula is C26H26N2O16S2. The smallest absolute Gasteiger partial charge is 0.364 e. The maximum absolute atomic E-state index is 13.4. The van der Waals surface area contributed by atoms with Gasteiger partial charge in [0.2, 0.25) is 23.5 Å². The maximum Gasteiger partial charge on any atom is 0.364 e. The fraction of sp³-hybridized carbons (Fsp3) is 0.231. The van der Waals surface area contributed by atoms with Gasteiger partial charge in [0.25, 0.3) is 0 Å². The van der Waals surface area contributed by atoms with Gasteiger partial charge in [0.05, 0.1) is 64.9 Å². The molecule has 248 valence electrons. The third-order valence-electron chi connectivity index (χ3n) is 6.85. The minimum absolute atomic E-state index is 0.108. The molecule has 2 aromatic carbocycles. The van der Waals surface area contributed by atoms with E-state index in [1.165, 1.54) is 66.9 Å². The van der Waals surface area contributed by atoms with E-state index in [2.05, 4.69) is 0 Å². The van der Waals surface area contributed by atoms with Gasteiger partial charge in [-0.05, 0) is 0 Å². The quantitative estimate of drug-likeness (QED) is 0.145. The second kappa shape index (κ2) is 11.1. The molecule has 46 heavy (non-hydrogen) atoms. The van der Waals surface area contributed by atoms with Crippen LogP contribution in [-0.2, 0) is 20.2 Å². The van der Waals surface area contributed by atoms with Crippen molar-refractivity contribution in [3.63, 3.8) is 0 Å². The number of hydrogen-bond acceptors (Lipinski definition) is 16. The van der Waals surface area contributed by atoms with Gasteiger partial charge < -0.3 is 48.8 Å². The molecule has 0 atom stereocenters. The van der Waals surface area contributed by atoms with Gasteiger partial charge in [-0.1, -0.05) is 9.46 Å². The number of ether oxygens (including phenoxy) is 6. The van der Waals surface area contributed by atoms with Gasteiger partial charge in [-0.3, -0.25) is 8.57 Å². The zero-order valence-electron chi connectivity index (χ0n) is 24.7. The highest BCUT2D eigenvalue weighted by molar-refractivity contribution is 7.87. The first-order valence-electron chi connectivity index (χ1n) is 12.5. The summed E-state index contributed by atoms with van der Waals surface area (Å²) in [5.74, 6) is -4.93. The Hall–Kier alpha value is -5.50. The molecule has 18 nitrogen and oxygen atoms in total. The summed E-state index contributed by atoms with van der Waals surface area (Å²) in [7, 11) is -2.56. The summed E-state index contributed by atoms with van der Waals surface area (Å²) in [4.78, 5) is -1.27. The molecule has 2 heterocycles. The molecule has 0 unspecified atom stereocenters. The van der Waals surface area contributed by atoms with Crippen LogP contribution in [0.1, 0.15) is 0 Å². The van der Waals surface area contributed by atoms with Crippen LogP contribution in [0.25, 0.3) is 22.3 Å². The first-order chi connectivity index (χ1) is 21.7. The number of aromatic hydroxyl groups is 4. The van der Waals surface area contributed by atoms with Gasteiger partial charge >= 0.3 is 20.2 Å². The van der Waals surface area contributed by atoms with Gasteiger partial charge in [0.15, 0.2) is 9.79 Å². The van der Waals surface area contributed by atoms with Crippen LogP contribution in [0.5, 0.6) is 58.0 Å². The van der Waals surface area contributed by atoms with E-state index in [0.717, 1.165) is 0 Å². The van der Waals surface area contributed by atoms with E-state index in [0.29, 0.717) is 0 Å². The average molecular weight is 687 g/mol. The van der Waals surface area contributed by atoms with Crippen LogP contribution in [0.4, 0.5) is 0 Å². The van der Waals surface area contributed by atoms with Crippen LogP contribution < -0.4 is 37.0 Å². The SMILES string of the molecule is COc1cc(OC)c(S(=O)(=O)On2c(O)c3c(c2O)-c2c-3c(O)n(OS(=O)(=O)c3c(OC)cc(OC)cc3OC)c2O)c(OC)c1. The first kappa shape index (κ1) is 31.9. The fourth-order valence-corrected chi connectivity index (χ4v) is 7.17. The maximum atomic E-state index is 13.4. The lowest BCUT2D eigenvalue weighted by molar-refractivity contribution is 0.200. The van der Waals surface area contributed by atoms with Crippen molar-refractivity contribution in [1.29, 1.82) is 0 Å². The Kier molecular flexibility index (Phi) is 7.73. The van der Waals surface area contributed by atoms with Crippen LogP contribution >= 0.6 is 0 Å². The Morgan fingerprint density at radius 1 is 0.457 bits per heavy atom. The van der Waals surface area contributed by atoms with E-state index in [4.69, 9.17) is 37.0 Å². The molecule has 0 amide bonds. The summed E-state index contributed by atoms with van der Waals surface area (Å²) in [6.07, 6.45) is 0. The number of benzene rings is 2. The fourth-order valence-electron chi connectivity index (χ4n) is 4.79. The van der Waals surface area contributed by atoms with Gasteiger partial charge in [-0.25, -0.2) is 0 Å².